The van der Waals surface area contributed by atoms with E-state index in [1.807, 2.05) is 0 Å². The van der Waals surface area contributed by atoms with Crippen LogP contribution in [0.5, 0.6) is 0 Å². The first-order valence-electron chi connectivity index (χ1n) is 2.17. The second kappa shape index (κ2) is 5.85. The van der Waals surface area contributed by atoms with Crippen molar-refractivity contribution in [1.82, 2.24) is 5.32 Å². The first kappa shape index (κ1) is 11.5. The van der Waals surface area contributed by atoms with E-state index in [2.05, 4.69) is 10.3 Å². The molecule has 0 saturated heterocycles. The van der Waals surface area contributed by atoms with E-state index < -0.39 is 0 Å². The molecule has 54 valence electrons. The van der Waals surface area contributed by atoms with Crippen molar-refractivity contribution < 1.29 is 4.79 Å². The minimum absolute atomic E-state index is 0. The summed E-state index contributed by atoms with van der Waals surface area (Å²) < 4.78 is 0. The van der Waals surface area contributed by atoms with Crippen molar-refractivity contribution in [2.45, 2.75) is 6.42 Å². The highest BCUT2D eigenvalue weighted by Crippen LogP contribution is 1.83. The van der Waals surface area contributed by atoms with E-state index in [1.54, 1.807) is 0 Å². The summed E-state index contributed by atoms with van der Waals surface area (Å²) in [6.45, 7) is 0.645. The zero-order valence-electron chi connectivity index (χ0n) is 4.66. The van der Waals surface area contributed by atoms with Crippen LogP contribution in [0.2, 0.25) is 0 Å². The highest BCUT2D eigenvalue weighted by Gasteiger charge is 1.99. The second-order valence-electron chi connectivity index (χ2n) is 1.35. The number of carbonyl (C=O) groups is 1. The molecule has 1 aliphatic rings. The van der Waals surface area contributed by atoms with Gasteiger partial charge in [0.25, 0.3) is 0 Å². The Balaban J connectivity index is 0. The molecule has 1 N–H and O–H groups in total. The Morgan fingerprint density at radius 3 is 2.44 bits per heavy atom. The Hall–Kier alpha value is -0.280. The number of hydrogen-bond acceptors (Lipinski definition) is 2. The summed E-state index contributed by atoms with van der Waals surface area (Å²) >= 11 is 0. The van der Waals surface area contributed by atoms with Crippen LogP contribution in [0.25, 0.3) is 0 Å². The Bertz CT molecular complexity index is 115. The minimum atomic E-state index is 0. The van der Waals surface area contributed by atoms with Crippen LogP contribution in [0.1, 0.15) is 6.42 Å². The van der Waals surface area contributed by atoms with E-state index >= 15 is 0 Å². The van der Waals surface area contributed by atoms with Crippen molar-refractivity contribution in [2.75, 3.05) is 6.54 Å². The van der Waals surface area contributed by atoms with E-state index in [-0.39, 0.29) is 30.7 Å². The van der Waals surface area contributed by atoms with Gasteiger partial charge in [0, 0.05) is 13.0 Å². The van der Waals surface area contributed by atoms with Gasteiger partial charge >= 0.3 is 0 Å². The molecule has 0 spiro atoms. The summed E-state index contributed by atoms with van der Waals surface area (Å²) in [6, 6.07) is 0. The van der Waals surface area contributed by atoms with Gasteiger partial charge in [-0.3, -0.25) is 9.79 Å². The molecule has 1 aliphatic heterocycles. The number of aliphatic imine (C=N–C) groups is 1. The molecule has 0 saturated carbocycles. The van der Waals surface area contributed by atoms with Crippen LogP contribution in [0.3, 0.4) is 0 Å². The van der Waals surface area contributed by atoms with Crippen LogP contribution in [-0.4, -0.2) is 18.8 Å². The van der Waals surface area contributed by atoms with Gasteiger partial charge in [-0.2, -0.15) is 0 Å². The fraction of sp³-hybridized carbons (Fsp3) is 0.500. The average molecular weight is 171 g/mol. The quantitative estimate of drug-likeness (QED) is 0.562. The molecule has 0 atom stereocenters. The van der Waals surface area contributed by atoms with Crippen molar-refractivity contribution in [1.29, 1.82) is 0 Å². The lowest BCUT2D eigenvalue weighted by Gasteiger charge is -2.00. The van der Waals surface area contributed by atoms with Crippen LogP contribution in [-0.2, 0) is 4.79 Å². The summed E-state index contributed by atoms with van der Waals surface area (Å²) in [5.41, 5.74) is 0. The molecule has 0 bridgehead atoms. The zero-order chi connectivity index (χ0) is 5.11. The topological polar surface area (TPSA) is 41.5 Å². The molecule has 3 nitrogen and oxygen atoms in total. The van der Waals surface area contributed by atoms with Crippen LogP contribution in [0.15, 0.2) is 4.99 Å². The van der Waals surface area contributed by atoms with E-state index in [9.17, 15) is 4.79 Å². The van der Waals surface area contributed by atoms with Gasteiger partial charge in [-0.1, -0.05) is 0 Å². The normalized spacial score (nSPS) is 14.9. The Labute approximate surface area is 65.7 Å². The lowest BCUT2D eigenvalue weighted by atomic mass is 10.4. The molecule has 0 radical (unpaired) electrons. The van der Waals surface area contributed by atoms with Gasteiger partial charge in [-0.25, -0.2) is 0 Å². The summed E-state index contributed by atoms with van der Waals surface area (Å²) in [7, 11) is 0. The molecule has 0 unspecified atom stereocenters. The Morgan fingerprint density at radius 2 is 2.22 bits per heavy atom. The van der Waals surface area contributed by atoms with Gasteiger partial charge in [-0.15, -0.1) is 24.8 Å². The summed E-state index contributed by atoms with van der Waals surface area (Å²) in [5, 5.41) is 2.45. The van der Waals surface area contributed by atoms with E-state index in [4.69, 9.17) is 0 Å². The lowest BCUT2D eigenvalue weighted by molar-refractivity contribution is -0.119. The van der Waals surface area contributed by atoms with Gasteiger partial charge in [0.05, 0.1) is 6.34 Å². The number of hydrogen-bond donors (Lipinski definition) is 1. The number of carbonyl (C=O) groups excluding carboxylic acids is 1. The molecule has 0 aromatic carbocycles. The molecular formula is C4H8Cl2N2O. The van der Waals surface area contributed by atoms with Crippen molar-refractivity contribution in [2.24, 2.45) is 4.99 Å². The monoisotopic (exact) mass is 170 g/mol. The number of rotatable bonds is 0. The molecule has 0 fully saturated rings. The molecule has 0 aromatic rings. The maximum atomic E-state index is 10.3. The van der Waals surface area contributed by atoms with Gasteiger partial charge in [-0.05, 0) is 0 Å². The summed E-state index contributed by atoms with van der Waals surface area (Å²) in [5.74, 6) is 0.0648. The maximum absolute atomic E-state index is 10.3. The van der Waals surface area contributed by atoms with Gasteiger partial charge in [0.15, 0.2) is 0 Å². The molecule has 9 heavy (non-hydrogen) atoms. The summed E-state index contributed by atoms with van der Waals surface area (Å²) in [4.78, 5) is 14.0. The Kier molecular flexibility index (Phi) is 7.48. The standard InChI is InChI=1S/C4H6N2O.2ClH/c7-4-1-2-5-3-6-4;;/h3H,1-2H2,(H,5,6,7);2*1H. The van der Waals surface area contributed by atoms with Gasteiger partial charge in [0.1, 0.15) is 0 Å². The van der Waals surface area contributed by atoms with Crippen molar-refractivity contribution >= 4 is 37.1 Å². The van der Waals surface area contributed by atoms with Crippen LogP contribution in [0.4, 0.5) is 0 Å². The highest BCUT2D eigenvalue weighted by molar-refractivity contribution is 5.89. The molecule has 0 aromatic heterocycles. The Morgan fingerprint density at radius 1 is 1.56 bits per heavy atom. The van der Waals surface area contributed by atoms with Crippen LogP contribution in [0, 0.1) is 0 Å². The number of halogens is 2. The predicted molar refractivity (Wildman–Crippen MR) is 40.6 cm³/mol. The van der Waals surface area contributed by atoms with Crippen LogP contribution < -0.4 is 5.32 Å². The van der Waals surface area contributed by atoms with E-state index in [0.717, 1.165) is 0 Å². The minimum Gasteiger partial charge on any atom is -0.317 e. The fourth-order valence-corrected chi connectivity index (χ4v) is 0.420. The SMILES string of the molecule is Cl.Cl.O=C1CCN=CN1. The maximum Gasteiger partial charge on any atom is 0.226 e. The number of nitrogens with zero attached hydrogens (tertiary/aromatic N) is 1. The molecule has 1 heterocycles. The average Bonchev–Trinajstić information content (AvgIpc) is 1.69. The van der Waals surface area contributed by atoms with Crippen molar-refractivity contribution in [3.63, 3.8) is 0 Å². The molecule has 5 heteroatoms. The first-order chi connectivity index (χ1) is 3.39. The second-order valence-corrected chi connectivity index (χ2v) is 1.35. The molecule has 1 rings (SSSR count). The zero-order valence-corrected chi connectivity index (χ0v) is 6.30. The molecule has 1 amide bonds. The van der Waals surface area contributed by atoms with Gasteiger partial charge < -0.3 is 5.32 Å². The largest absolute Gasteiger partial charge is 0.317 e. The first-order valence-corrected chi connectivity index (χ1v) is 2.17. The van der Waals surface area contributed by atoms with E-state index in [0.29, 0.717) is 13.0 Å². The number of nitrogens with one attached hydrogen (secondary N) is 1. The molecular weight excluding hydrogens is 163 g/mol. The third-order valence-corrected chi connectivity index (χ3v) is 0.785. The van der Waals surface area contributed by atoms with Crippen molar-refractivity contribution in [3.8, 4) is 0 Å². The smallest absolute Gasteiger partial charge is 0.226 e. The van der Waals surface area contributed by atoms with Gasteiger partial charge in [0.2, 0.25) is 5.91 Å². The summed E-state index contributed by atoms with van der Waals surface area (Å²) in [6.07, 6.45) is 1.97. The fourth-order valence-electron chi connectivity index (χ4n) is 0.420. The third-order valence-electron chi connectivity index (χ3n) is 0.785. The lowest BCUT2D eigenvalue weighted by Crippen LogP contribution is -2.25. The molecule has 0 aliphatic carbocycles. The predicted octanol–water partition coefficient (Wildman–Crippen LogP) is 0.378. The van der Waals surface area contributed by atoms with E-state index in [1.165, 1.54) is 6.34 Å². The highest BCUT2D eigenvalue weighted by atomic mass is 35.5. The van der Waals surface area contributed by atoms with Crippen LogP contribution >= 0.6 is 24.8 Å². The van der Waals surface area contributed by atoms with Crippen molar-refractivity contribution in [3.05, 3.63) is 0 Å². The third kappa shape index (κ3) is 4.24. The number of amides is 1.